The van der Waals surface area contributed by atoms with E-state index in [-0.39, 0.29) is 35.7 Å². The van der Waals surface area contributed by atoms with Gasteiger partial charge in [0.1, 0.15) is 5.75 Å². The highest BCUT2D eigenvalue weighted by Crippen LogP contribution is 2.33. The summed E-state index contributed by atoms with van der Waals surface area (Å²) in [5.41, 5.74) is 1.77. The molecule has 0 fully saturated rings. The van der Waals surface area contributed by atoms with Crippen molar-refractivity contribution in [2.45, 2.75) is 13.3 Å². The lowest BCUT2D eigenvalue weighted by Gasteiger charge is -2.29. The van der Waals surface area contributed by atoms with Crippen molar-refractivity contribution in [3.8, 4) is 5.75 Å². The highest BCUT2D eigenvalue weighted by molar-refractivity contribution is 8.00. The summed E-state index contributed by atoms with van der Waals surface area (Å²) in [7, 11) is 0. The summed E-state index contributed by atoms with van der Waals surface area (Å²) in [6.07, 6.45) is 0.807. The Kier molecular flexibility index (Phi) is 7.17. The number of halogens is 1. The van der Waals surface area contributed by atoms with E-state index in [4.69, 9.17) is 16.3 Å². The van der Waals surface area contributed by atoms with Crippen molar-refractivity contribution in [3.63, 3.8) is 0 Å². The van der Waals surface area contributed by atoms with Crippen LogP contribution in [-0.2, 0) is 9.59 Å². The first-order valence-corrected chi connectivity index (χ1v) is 10.7. The van der Waals surface area contributed by atoms with Gasteiger partial charge in [0.25, 0.3) is 5.91 Å². The molecular weight excluding hydrogens is 412 g/mol. The van der Waals surface area contributed by atoms with Gasteiger partial charge in [0.05, 0.1) is 17.2 Å². The van der Waals surface area contributed by atoms with Gasteiger partial charge in [-0.3, -0.25) is 14.4 Å². The van der Waals surface area contributed by atoms with Gasteiger partial charge in [0.15, 0.2) is 12.4 Å². The fourth-order valence-electron chi connectivity index (χ4n) is 2.89. The maximum absolute atomic E-state index is 12.5. The smallest absolute Gasteiger partial charge is 0.265 e. The van der Waals surface area contributed by atoms with Crippen LogP contribution in [-0.4, -0.2) is 42.3 Å². The molecule has 1 N–H and O–H groups in total. The number of rotatable bonds is 8. The zero-order valence-corrected chi connectivity index (χ0v) is 17.5. The zero-order valence-electron chi connectivity index (χ0n) is 15.9. The third-order valence-electron chi connectivity index (χ3n) is 4.27. The van der Waals surface area contributed by atoms with Gasteiger partial charge < -0.3 is 15.0 Å². The molecule has 0 radical (unpaired) electrons. The summed E-state index contributed by atoms with van der Waals surface area (Å²) < 4.78 is 5.45. The van der Waals surface area contributed by atoms with Crippen LogP contribution in [0.2, 0.25) is 5.02 Å². The molecule has 3 rings (SSSR count). The van der Waals surface area contributed by atoms with E-state index >= 15 is 0 Å². The highest BCUT2D eigenvalue weighted by Gasteiger charge is 2.25. The van der Waals surface area contributed by atoms with E-state index in [0.717, 1.165) is 6.42 Å². The number of amides is 2. The standard InChI is InChI=1S/C21H21ClN2O4S/c1-2-9-24-17-10-14(3-8-19(17)28-11-21(24)27)18(25)12-29-13-20(26)23-16-6-4-15(22)5-7-16/h3-8,10H,2,9,11-13H2,1H3,(H,23,26). The topological polar surface area (TPSA) is 75.7 Å². The lowest BCUT2D eigenvalue weighted by molar-refractivity contribution is -0.121. The number of ketones is 1. The number of carbonyl (C=O) groups excluding carboxylic acids is 3. The molecule has 1 aliphatic rings. The largest absolute Gasteiger partial charge is 0.482 e. The quantitative estimate of drug-likeness (QED) is 0.637. The average Bonchev–Trinajstić information content (AvgIpc) is 2.71. The minimum atomic E-state index is -0.191. The first-order chi connectivity index (χ1) is 14.0. The second-order valence-corrected chi connectivity index (χ2v) is 7.91. The molecule has 6 nitrogen and oxygen atoms in total. The average molecular weight is 433 g/mol. The molecule has 1 aliphatic heterocycles. The van der Waals surface area contributed by atoms with E-state index in [0.29, 0.717) is 34.3 Å². The zero-order chi connectivity index (χ0) is 20.8. The molecule has 0 saturated heterocycles. The van der Waals surface area contributed by atoms with Gasteiger partial charge >= 0.3 is 0 Å². The third kappa shape index (κ3) is 5.52. The number of ether oxygens (including phenoxy) is 1. The molecular formula is C21H21ClN2O4S. The second kappa shape index (κ2) is 9.80. The monoisotopic (exact) mass is 432 g/mol. The summed E-state index contributed by atoms with van der Waals surface area (Å²) in [5, 5.41) is 3.35. The van der Waals surface area contributed by atoms with Crippen LogP contribution < -0.4 is 15.0 Å². The van der Waals surface area contributed by atoms with E-state index in [1.165, 1.54) is 11.8 Å². The van der Waals surface area contributed by atoms with Gasteiger partial charge in [0, 0.05) is 22.8 Å². The van der Waals surface area contributed by atoms with Crippen LogP contribution in [0.5, 0.6) is 5.75 Å². The number of hydrogen-bond donors (Lipinski definition) is 1. The molecule has 1 heterocycles. The summed E-state index contributed by atoms with van der Waals surface area (Å²) >= 11 is 7.06. The highest BCUT2D eigenvalue weighted by atomic mass is 35.5. The van der Waals surface area contributed by atoms with Gasteiger partial charge in [-0.25, -0.2) is 0 Å². The van der Waals surface area contributed by atoms with Crippen molar-refractivity contribution < 1.29 is 19.1 Å². The summed E-state index contributed by atoms with van der Waals surface area (Å²) in [6, 6.07) is 11.9. The van der Waals surface area contributed by atoms with Crippen molar-refractivity contribution in [2.24, 2.45) is 0 Å². The number of carbonyl (C=O) groups is 3. The molecule has 0 spiro atoms. The molecule has 0 aliphatic carbocycles. The molecule has 2 aromatic carbocycles. The first-order valence-electron chi connectivity index (χ1n) is 9.21. The van der Waals surface area contributed by atoms with E-state index < -0.39 is 0 Å². The van der Waals surface area contributed by atoms with Gasteiger partial charge in [-0.2, -0.15) is 0 Å². The predicted octanol–water partition coefficient (Wildman–Crippen LogP) is 4.03. The molecule has 29 heavy (non-hydrogen) atoms. The van der Waals surface area contributed by atoms with Crippen LogP contribution in [0.1, 0.15) is 23.7 Å². The molecule has 0 saturated carbocycles. The first kappa shape index (κ1) is 21.2. The van der Waals surface area contributed by atoms with E-state index in [1.54, 1.807) is 47.4 Å². The fourth-order valence-corrected chi connectivity index (χ4v) is 3.73. The number of Topliss-reactive ketones (excluding diaryl/α,β-unsaturated/α-hetero) is 1. The van der Waals surface area contributed by atoms with Crippen LogP contribution in [0, 0.1) is 0 Å². The summed E-state index contributed by atoms with van der Waals surface area (Å²) in [5.74, 6) is 0.509. The number of anilines is 2. The van der Waals surface area contributed by atoms with Crippen LogP contribution in [0.15, 0.2) is 42.5 Å². The minimum absolute atomic E-state index is 0.0128. The van der Waals surface area contributed by atoms with E-state index in [1.807, 2.05) is 6.92 Å². The van der Waals surface area contributed by atoms with Crippen LogP contribution in [0.4, 0.5) is 11.4 Å². The summed E-state index contributed by atoms with van der Waals surface area (Å²) in [4.78, 5) is 38.3. The SMILES string of the molecule is CCCN1C(=O)COc2ccc(C(=O)CSCC(=O)Nc3ccc(Cl)cc3)cc21. The molecule has 0 bridgehead atoms. The minimum Gasteiger partial charge on any atom is -0.482 e. The lowest BCUT2D eigenvalue weighted by atomic mass is 10.1. The number of hydrogen-bond acceptors (Lipinski definition) is 5. The Morgan fingerprint density at radius 2 is 1.93 bits per heavy atom. The molecule has 0 atom stereocenters. The van der Waals surface area contributed by atoms with Crippen molar-refractivity contribution in [3.05, 3.63) is 53.1 Å². The van der Waals surface area contributed by atoms with Gasteiger partial charge in [-0.1, -0.05) is 18.5 Å². The van der Waals surface area contributed by atoms with E-state index in [2.05, 4.69) is 5.32 Å². The van der Waals surface area contributed by atoms with Crippen molar-refractivity contribution in [2.75, 3.05) is 34.9 Å². The molecule has 0 aromatic heterocycles. The second-order valence-electron chi connectivity index (χ2n) is 6.49. The normalized spacial score (nSPS) is 12.9. The lowest BCUT2D eigenvalue weighted by Crippen LogP contribution is -2.39. The Hall–Kier alpha value is -2.51. The Morgan fingerprint density at radius 3 is 2.66 bits per heavy atom. The molecule has 152 valence electrons. The Labute approximate surface area is 178 Å². The Balaban J connectivity index is 1.56. The maximum Gasteiger partial charge on any atom is 0.265 e. The van der Waals surface area contributed by atoms with Gasteiger partial charge in [0.2, 0.25) is 5.91 Å². The van der Waals surface area contributed by atoms with Crippen LogP contribution in [0.3, 0.4) is 0 Å². The van der Waals surface area contributed by atoms with Crippen molar-refractivity contribution in [1.29, 1.82) is 0 Å². The number of benzene rings is 2. The van der Waals surface area contributed by atoms with Gasteiger partial charge in [-0.05, 0) is 48.9 Å². The van der Waals surface area contributed by atoms with Crippen LogP contribution >= 0.6 is 23.4 Å². The molecule has 2 aromatic rings. The fraction of sp³-hybridized carbons (Fsp3) is 0.286. The third-order valence-corrected chi connectivity index (χ3v) is 5.45. The van der Waals surface area contributed by atoms with Crippen LogP contribution in [0.25, 0.3) is 0 Å². The van der Waals surface area contributed by atoms with Crippen molar-refractivity contribution >= 4 is 52.3 Å². The number of thioether (sulfide) groups is 1. The molecule has 2 amide bonds. The van der Waals surface area contributed by atoms with Gasteiger partial charge in [-0.15, -0.1) is 11.8 Å². The predicted molar refractivity (Wildman–Crippen MR) is 116 cm³/mol. The summed E-state index contributed by atoms with van der Waals surface area (Å²) in [6.45, 7) is 2.58. The number of nitrogens with zero attached hydrogens (tertiary/aromatic N) is 1. The molecule has 8 heteroatoms. The molecule has 0 unspecified atom stereocenters. The number of nitrogens with one attached hydrogen (secondary N) is 1. The number of fused-ring (bicyclic) bond motifs is 1. The Morgan fingerprint density at radius 1 is 1.17 bits per heavy atom. The maximum atomic E-state index is 12.5. The Bertz CT molecular complexity index is 917. The van der Waals surface area contributed by atoms with E-state index in [9.17, 15) is 14.4 Å². The van der Waals surface area contributed by atoms with Crippen molar-refractivity contribution in [1.82, 2.24) is 0 Å².